The van der Waals surface area contributed by atoms with Gasteiger partial charge < -0.3 is 8.85 Å². The SMILES string of the molecule is CCCCCC#CC[C@@H](CO[Si](CC)(CC)CC)O[Si](CC)(CC)CC. The van der Waals surface area contributed by atoms with Gasteiger partial charge in [-0.25, -0.2) is 0 Å². The fraction of sp³-hybridized carbons (Fsp3) is 0.909. The van der Waals surface area contributed by atoms with Crippen molar-refractivity contribution in [2.45, 2.75) is 123 Å². The van der Waals surface area contributed by atoms with Gasteiger partial charge in [-0.05, 0) is 42.7 Å². The van der Waals surface area contributed by atoms with Crippen molar-refractivity contribution in [2.24, 2.45) is 0 Å². The zero-order valence-electron chi connectivity index (χ0n) is 18.9. The third-order valence-electron chi connectivity index (χ3n) is 6.22. The van der Waals surface area contributed by atoms with Gasteiger partial charge in [-0.1, -0.05) is 61.3 Å². The van der Waals surface area contributed by atoms with E-state index in [0.717, 1.165) is 19.4 Å². The van der Waals surface area contributed by atoms with Crippen LogP contribution in [0.15, 0.2) is 0 Å². The summed E-state index contributed by atoms with van der Waals surface area (Å²) in [7, 11) is -3.18. The van der Waals surface area contributed by atoms with Gasteiger partial charge in [-0.2, -0.15) is 0 Å². The predicted octanol–water partition coefficient (Wildman–Crippen LogP) is 7.37. The first-order chi connectivity index (χ1) is 12.5. The van der Waals surface area contributed by atoms with Crippen LogP contribution in [-0.2, 0) is 8.85 Å². The fourth-order valence-electron chi connectivity index (χ4n) is 3.55. The van der Waals surface area contributed by atoms with E-state index in [2.05, 4.69) is 60.3 Å². The molecule has 0 rings (SSSR count). The van der Waals surface area contributed by atoms with Crippen molar-refractivity contribution in [1.29, 1.82) is 0 Å². The molecule has 0 aliphatic rings. The molecule has 4 heteroatoms. The summed E-state index contributed by atoms with van der Waals surface area (Å²) in [5.74, 6) is 6.78. The van der Waals surface area contributed by atoms with Gasteiger partial charge >= 0.3 is 0 Å². The van der Waals surface area contributed by atoms with Gasteiger partial charge in [-0.3, -0.25) is 0 Å². The highest BCUT2D eigenvalue weighted by Crippen LogP contribution is 2.27. The molecule has 0 aromatic carbocycles. The van der Waals surface area contributed by atoms with Crippen LogP contribution in [0.5, 0.6) is 0 Å². The molecule has 0 saturated carbocycles. The van der Waals surface area contributed by atoms with E-state index >= 15 is 0 Å². The Hall–Kier alpha value is -0.0862. The molecule has 1 atom stereocenters. The molecule has 0 unspecified atom stereocenters. The summed E-state index contributed by atoms with van der Waals surface area (Å²) in [6.07, 6.45) is 5.79. The van der Waals surface area contributed by atoms with E-state index in [0.29, 0.717) is 0 Å². The van der Waals surface area contributed by atoms with Gasteiger partial charge in [-0.15, -0.1) is 11.8 Å². The number of hydrogen-bond acceptors (Lipinski definition) is 2. The molecule has 0 bridgehead atoms. The first-order valence-electron chi connectivity index (χ1n) is 11.3. The summed E-state index contributed by atoms with van der Waals surface area (Å²) in [6.45, 7) is 16.8. The van der Waals surface area contributed by atoms with Crippen LogP contribution in [0, 0.1) is 11.8 Å². The predicted molar refractivity (Wildman–Crippen MR) is 122 cm³/mol. The van der Waals surface area contributed by atoms with Gasteiger partial charge in [0.05, 0.1) is 12.7 Å². The van der Waals surface area contributed by atoms with E-state index in [1.165, 1.54) is 55.5 Å². The molecule has 0 aromatic heterocycles. The van der Waals surface area contributed by atoms with E-state index in [9.17, 15) is 0 Å². The Labute approximate surface area is 167 Å². The molecule has 0 amide bonds. The van der Waals surface area contributed by atoms with Crippen LogP contribution in [-0.4, -0.2) is 29.3 Å². The lowest BCUT2D eigenvalue weighted by Gasteiger charge is -2.35. The fourth-order valence-corrected chi connectivity index (χ4v) is 9.06. The first kappa shape index (κ1) is 25.9. The van der Waals surface area contributed by atoms with Crippen LogP contribution in [0.2, 0.25) is 36.3 Å². The summed E-state index contributed by atoms with van der Waals surface area (Å²) in [5, 5.41) is 0. The first-order valence-corrected chi connectivity index (χ1v) is 16.3. The third-order valence-corrected chi connectivity index (χ3v) is 15.6. The van der Waals surface area contributed by atoms with E-state index in [4.69, 9.17) is 8.85 Å². The van der Waals surface area contributed by atoms with Gasteiger partial charge in [0.1, 0.15) is 0 Å². The summed E-state index contributed by atoms with van der Waals surface area (Å²) >= 11 is 0. The summed E-state index contributed by atoms with van der Waals surface area (Å²) in [5.41, 5.74) is 0. The topological polar surface area (TPSA) is 18.5 Å². The maximum atomic E-state index is 6.78. The van der Waals surface area contributed by atoms with Gasteiger partial charge in [0.25, 0.3) is 0 Å². The van der Waals surface area contributed by atoms with Crippen molar-refractivity contribution in [1.82, 2.24) is 0 Å². The van der Waals surface area contributed by atoms with Gasteiger partial charge in [0.15, 0.2) is 16.6 Å². The van der Waals surface area contributed by atoms with Crippen molar-refractivity contribution in [3.05, 3.63) is 0 Å². The Kier molecular flexibility index (Phi) is 14.9. The molecule has 0 N–H and O–H groups in total. The molecule has 154 valence electrons. The van der Waals surface area contributed by atoms with Crippen LogP contribution in [0.3, 0.4) is 0 Å². The van der Waals surface area contributed by atoms with Crippen molar-refractivity contribution in [3.8, 4) is 11.8 Å². The van der Waals surface area contributed by atoms with Crippen LogP contribution >= 0.6 is 0 Å². The van der Waals surface area contributed by atoms with Crippen LogP contribution < -0.4 is 0 Å². The average molecular weight is 399 g/mol. The Balaban J connectivity index is 4.97. The van der Waals surface area contributed by atoms with Gasteiger partial charge in [0, 0.05) is 12.8 Å². The van der Waals surface area contributed by atoms with E-state index in [-0.39, 0.29) is 6.10 Å². The van der Waals surface area contributed by atoms with Crippen molar-refractivity contribution >= 4 is 16.6 Å². The summed E-state index contributed by atoms with van der Waals surface area (Å²) < 4.78 is 13.4. The highest BCUT2D eigenvalue weighted by atomic mass is 28.4. The molecule has 0 heterocycles. The Morgan fingerprint density at radius 2 is 1.23 bits per heavy atom. The minimum Gasteiger partial charge on any atom is -0.414 e. The number of hydrogen-bond donors (Lipinski definition) is 0. The zero-order valence-corrected chi connectivity index (χ0v) is 20.9. The smallest absolute Gasteiger partial charge is 0.192 e. The molecule has 0 fully saturated rings. The van der Waals surface area contributed by atoms with Crippen molar-refractivity contribution < 1.29 is 8.85 Å². The Bertz CT molecular complexity index is 376. The number of rotatable bonds is 15. The minimum atomic E-state index is -1.62. The second-order valence-corrected chi connectivity index (χ2v) is 17.1. The Morgan fingerprint density at radius 3 is 1.69 bits per heavy atom. The lowest BCUT2D eigenvalue weighted by atomic mass is 10.2. The van der Waals surface area contributed by atoms with E-state index < -0.39 is 16.6 Å². The second kappa shape index (κ2) is 14.9. The molecule has 0 aliphatic heterocycles. The Morgan fingerprint density at radius 1 is 0.692 bits per heavy atom. The second-order valence-electron chi connectivity index (χ2n) is 7.55. The summed E-state index contributed by atoms with van der Waals surface area (Å²) in [4.78, 5) is 0. The highest BCUT2D eigenvalue weighted by Gasteiger charge is 2.34. The monoisotopic (exact) mass is 398 g/mol. The standard InChI is InChI=1S/C22H46O2Si2/c1-8-15-16-17-18-19-20-22(24-26(12-5,13-6)14-7)21-23-25(9-2,10-3)11-4/h22H,8-17,20-21H2,1-7H3/t22-/m0/s1. The van der Waals surface area contributed by atoms with Crippen LogP contribution in [0.25, 0.3) is 0 Å². The summed E-state index contributed by atoms with van der Waals surface area (Å²) in [6, 6.07) is 7.18. The third kappa shape index (κ3) is 9.21. The zero-order chi connectivity index (χ0) is 19.9. The molecule has 0 saturated heterocycles. The molecule has 0 aromatic rings. The molecule has 2 nitrogen and oxygen atoms in total. The maximum Gasteiger partial charge on any atom is 0.192 e. The quantitative estimate of drug-likeness (QED) is 0.163. The van der Waals surface area contributed by atoms with Gasteiger partial charge in [0.2, 0.25) is 0 Å². The largest absolute Gasteiger partial charge is 0.414 e. The molecule has 0 radical (unpaired) electrons. The molecular formula is C22H46O2Si2. The average Bonchev–Trinajstić information content (AvgIpc) is 2.69. The molecule has 0 spiro atoms. The highest BCUT2D eigenvalue weighted by molar-refractivity contribution is 6.74. The molecule has 0 aliphatic carbocycles. The van der Waals surface area contributed by atoms with Crippen molar-refractivity contribution in [3.63, 3.8) is 0 Å². The molecular weight excluding hydrogens is 352 g/mol. The number of unbranched alkanes of at least 4 members (excludes halogenated alkanes) is 3. The van der Waals surface area contributed by atoms with Crippen LogP contribution in [0.1, 0.15) is 80.6 Å². The van der Waals surface area contributed by atoms with Crippen LogP contribution in [0.4, 0.5) is 0 Å². The lowest BCUT2D eigenvalue weighted by Crippen LogP contribution is -2.44. The normalized spacial score (nSPS) is 13.3. The van der Waals surface area contributed by atoms with E-state index in [1.807, 2.05) is 0 Å². The van der Waals surface area contributed by atoms with Crippen molar-refractivity contribution in [2.75, 3.05) is 6.61 Å². The van der Waals surface area contributed by atoms with E-state index in [1.54, 1.807) is 0 Å². The minimum absolute atomic E-state index is 0.164. The molecule has 26 heavy (non-hydrogen) atoms. The lowest BCUT2D eigenvalue weighted by molar-refractivity contribution is 0.116. The maximum absolute atomic E-state index is 6.78.